The maximum atomic E-state index is 12.9. The standard InChI is InChI=1S/C26H29N5O7/c1-14-22(15(2)30-26(29-14)27-8-4-6-16-5-3-7-18(32)9-16)24(36)31-21(25(37)38)13-28-23(35)17-10-19(33)12-20(34)11-17/h3,5,7,9-12,21,32-34H,4,6,8,13H2,1-2H3,(H,28,35)(H,31,36)(H,37,38)(H,27,29,30)/t21-/m0/s1. The highest BCUT2D eigenvalue weighted by atomic mass is 16.4. The summed E-state index contributed by atoms with van der Waals surface area (Å²) in [6.45, 7) is 3.31. The predicted octanol–water partition coefficient (Wildman–Crippen LogP) is 1.87. The third-order valence-corrected chi connectivity index (χ3v) is 5.57. The van der Waals surface area contributed by atoms with Gasteiger partial charge in [0.15, 0.2) is 0 Å². The number of aryl methyl sites for hydroxylation is 3. The van der Waals surface area contributed by atoms with E-state index in [1.54, 1.807) is 32.0 Å². The minimum absolute atomic E-state index is 0.0805. The first-order chi connectivity index (χ1) is 18.0. The number of hydrogen-bond acceptors (Lipinski definition) is 9. The van der Waals surface area contributed by atoms with Gasteiger partial charge in [0, 0.05) is 24.7 Å². The lowest BCUT2D eigenvalue weighted by Crippen LogP contribution is -2.48. The topological polar surface area (TPSA) is 194 Å². The van der Waals surface area contributed by atoms with Crippen LogP contribution in [0.2, 0.25) is 0 Å². The van der Waals surface area contributed by atoms with Gasteiger partial charge in [-0.05, 0) is 56.5 Å². The molecule has 0 spiro atoms. The smallest absolute Gasteiger partial charge is 0.328 e. The molecule has 2 amide bonds. The molecule has 0 bridgehead atoms. The van der Waals surface area contributed by atoms with E-state index in [-0.39, 0.29) is 28.4 Å². The van der Waals surface area contributed by atoms with Crippen molar-refractivity contribution >= 4 is 23.7 Å². The molecule has 3 rings (SSSR count). The number of nitrogens with one attached hydrogen (secondary N) is 3. The van der Waals surface area contributed by atoms with Crippen LogP contribution >= 0.6 is 0 Å². The Morgan fingerprint density at radius 1 is 0.895 bits per heavy atom. The Morgan fingerprint density at radius 3 is 2.16 bits per heavy atom. The predicted molar refractivity (Wildman–Crippen MR) is 137 cm³/mol. The van der Waals surface area contributed by atoms with Crippen molar-refractivity contribution in [1.29, 1.82) is 0 Å². The highest BCUT2D eigenvalue weighted by molar-refractivity contribution is 5.99. The van der Waals surface area contributed by atoms with Crippen LogP contribution in [-0.2, 0) is 11.2 Å². The van der Waals surface area contributed by atoms with Crippen molar-refractivity contribution in [2.75, 3.05) is 18.4 Å². The zero-order valence-corrected chi connectivity index (χ0v) is 20.9. The third kappa shape index (κ3) is 7.56. The molecule has 1 aromatic heterocycles. The van der Waals surface area contributed by atoms with Crippen LogP contribution in [-0.4, -0.2) is 67.3 Å². The molecule has 0 saturated heterocycles. The van der Waals surface area contributed by atoms with Crippen LogP contribution in [0.5, 0.6) is 17.2 Å². The molecule has 1 heterocycles. The molecule has 0 fully saturated rings. The first-order valence-corrected chi connectivity index (χ1v) is 11.8. The maximum absolute atomic E-state index is 12.9. The van der Waals surface area contributed by atoms with Gasteiger partial charge in [-0.2, -0.15) is 0 Å². The van der Waals surface area contributed by atoms with Crippen LogP contribution in [0.15, 0.2) is 42.5 Å². The number of phenolic OH excluding ortho intramolecular Hbond substituents is 3. The van der Waals surface area contributed by atoms with Crippen molar-refractivity contribution in [3.05, 3.63) is 70.5 Å². The lowest BCUT2D eigenvalue weighted by atomic mass is 10.1. The number of amides is 2. The number of nitrogens with zero attached hydrogens (tertiary/aromatic N) is 2. The second-order valence-corrected chi connectivity index (χ2v) is 8.61. The molecular formula is C26H29N5O7. The summed E-state index contributed by atoms with van der Waals surface area (Å²) in [6, 6.07) is 8.80. The van der Waals surface area contributed by atoms with Gasteiger partial charge in [0.05, 0.1) is 17.0 Å². The molecule has 2 aromatic carbocycles. The van der Waals surface area contributed by atoms with Gasteiger partial charge in [-0.25, -0.2) is 14.8 Å². The number of benzene rings is 2. The number of aromatic nitrogens is 2. The summed E-state index contributed by atoms with van der Waals surface area (Å²) >= 11 is 0. The zero-order chi connectivity index (χ0) is 27.8. The van der Waals surface area contributed by atoms with Crippen molar-refractivity contribution in [3.63, 3.8) is 0 Å². The fraction of sp³-hybridized carbons (Fsp3) is 0.269. The molecule has 1 atom stereocenters. The molecule has 0 aliphatic rings. The van der Waals surface area contributed by atoms with Crippen LogP contribution < -0.4 is 16.0 Å². The van der Waals surface area contributed by atoms with Crippen molar-refractivity contribution in [2.24, 2.45) is 0 Å². The van der Waals surface area contributed by atoms with Gasteiger partial charge in [0.1, 0.15) is 23.3 Å². The van der Waals surface area contributed by atoms with Crippen LogP contribution in [0.25, 0.3) is 0 Å². The Balaban J connectivity index is 1.59. The van der Waals surface area contributed by atoms with Crippen LogP contribution in [0, 0.1) is 13.8 Å². The molecule has 3 aromatic rings. The fourth-order valence-corrected chi connectivity index (χ4v) is 3.78. The second kappa shape index (κ2) is 12.4. The molecule has 0 radical (unpaired) electrons. The Labute approximate surface area is 218 Å². The third-order valence-electron chi connectivity index (χ3n) is 5.57. The Kier molecular flexibility index (Phi) is 9.04. The van der Waals surface area contributed by atoms with Crippen LogP contribution in [0.4, 0.5) is 5.95 Å². The molecular weight excluding hydrogens is 494 g/mol. The zero-order valence-electron chi connectivity index (χ0n) is 20.9. The summed E-state index contributed by atoms with van der Waals surface area (Å²) in [6.07, 6.45) is 1.49. The van der Waals surface area contributed by atoms with Gasteiger partial charge in [-0.1, -0.05) is 12.1 Å². The van der Waals surface area contributed by atoms with E-state index in [9.17, 15) is 34.8 Å². The molecule has 12 heteroatoms. The number of rotatable bonds is 11. The summed E-state index contributed by atoms with van der Waals surface area (Å²) in [5.41, 5.74) is 1.72. The SMILES string of the molecule is Cc1nc(NCCCc2cccc(O)c2)nc(C)c1C(=O)N[C@@H](CNC(=O)c1cc(O)cc(O)c1)C(=O)O. The number of aromatic hydroxyl groups is 3. The molecule has 0 unspecified atom stereocenters. The molecule has 0 aliphatic heterocycles. The average Bonchev–Trinajstić information content (AvgIpc) is 2.83. The highest BCUT2D eigenvalue weighted by Gasteiger charge is 2.25. The molecule has 7 N–H and O–H groups in total. The largest absolute Gasteiger partial charge is 0.508 e. The molecule has 0 aliphatic carbocycles. The minimum atomic E-state index is -1.47. The summed E-state index contributed by atoms with van der Waals surface area (Å²) in [7, 11) is 0. The molecule has 38 heavy (non-hydrogen) atoms. The number of carbonyl (C=O) groups excluding carboxylic acids is 2. The number of anilines is 1. The second-order valence-electron chi connectivity index (χ2n) is 8.61. The fourth-order valence-electron chi connectivity index (χ4n) is 3.78. The van der Waals surface area contributed by atoms with Crippen molar-refractivity contribution < 1.29 is 34.8 Å². The summed E-state index contributed by atoms with van der Waals surface area (Å²) in [5.74, 6) is -2.97. The quantitative estimate of drug-likeness (QED) is 0.182. The Bertz CT molecular complexity index is 1300. The van der Waals surface area contributed by atoms with E-state index in [2.05, 4.69) is 25.9 Å². The number of aliphatic carboxylic acids is 1. The van der Waals surface area contributed by atoms with Crippen LogP contribution in [0.3, 0.4) is 0 Å². The summed E-state index contributed by atoms with van der Waals surface area (Å²) in [5, 5.41) is 46.0. The monoisotopic (exact) mass is 523 g/mol. The first kappa shape index (κ1) is 27.7. The number of phenols is 3. The number of carboxylic acids is 1. The average molecular weight is 524 g/mol. The van der Waals surface area contributed by atoms with E-state index in [1.807, 2.05) is 6.07 Å². The minimum Gasteiger partial charge on any atom is -0.508 e. The number of carboxylic acid groups (broad SMARTS) is 1. The Morgan fingerprint density at radius 2 is 1.55 bits per heavy atom. The van der Waals surface area contributed by atoms with Gasteiger partial charge in [0.2, 0.25) is 5.95 Å². The molecule has 200 valence electrons. The van der Waals surface area contributed by atoms with Gasteiger partial charge in [-0.15, -0.1) is 0 Å². The first-order valence-electron chi connectivity index (χ1n) is 11.8. The summed E-state index contributed by atoms with van der Waals surface area (Å²) in [4.78, 5) is 45.5. The number of carbonyl (C=O) groups is 3. The highest BCUT2D eigenvalue weighted by Crippen LogP contribution is 2.20. The molecule has 0 saturated carbocycles. The van der Waals surface area contributed by atoms with E-state index in [0.29, 0.717) is 23.9 Å². The van der Waals surface area contributed by atoms with Gasteiger partial charge >= 0.3 is 5.97 Å². The van der Waals surface area contributed by atoms with E-state index >= 15 is 0 Å². The lowest BCUT2D eigenvalue weighted by molar-refractivity contribution is -0.139. The normalized spacial score (nSPS) is 11.4. The van der Waals surface area contributed by atoms with E-state index in [1.165, 1.54) is 0 Å². The van der Waals surface area contributed by atoms with Gasteiger partial charge < -0.3 is 36.4 Å². The van der Waals surface area contributed by atoms with E-state index in [0.717, 1.165) is 36.6 Å². The lowest BCUT2D eigenvalue weighted by Gasteiger charge is -2.17. The van der Waals surface area contributed by atoms with Gasteiger partial charge in [0.25, 0.3) is 11.8 Å². The molecule has 12 nitrogen and oxygen atoms in total. The maximum Gasteiger partial charge on any atom is 0.328 e. The van der Waals surface area contributed by atoms with Crippen LogP contribution in [0.1, 0.15) is 44.1 Å². The van der Waals surface area contributed by atoms with E-state index in [4.69, 9.17) is 0 Å². The Hall–Kier alpha value is -4.87. The van der Waals surface area contributed by atoms with Crippen molar-refractivity contribution in [2.45, 2.75) is 32.7 Å². The number of hydrogen-bond donors (Lipinski definition) is 7. The van der Waals surface area contributed by atoms with Crippen molar-refractivity contribution in [1.82, 2.24) is 20.6 Å². The van der Waals surface area contributed by atoms with Crippen molar-refractivity contribution in [3.8, 4) is 17.2 Å². The van der Waals surface area contributed by atoms with Gasteiger partial charge in [-0.3, -0.25) is 9.59 Å². The van der Waals surface area contributed by atoms with E-state index < -0.39 is 30.4 Å². The summed E-state index contributed by atoms with van der Waals surface area (Å²) < 4.78 is 0.